The molecule has 0 radical (unpaired) electrons. The van der Waals surface area contributed by atoms with Crippen molar-refractivity contribution in [2.24, 2.45) is 0 Å². The molecule has 102 valence electrons. The zero-order valence-corrected chi connectivity index (χ0v) is 12.5. The van der Waals surface area contributed by atoms with E-state index in [4.69, 9.17) is 4.74 Å². The summed E-state index contributed by atoms with van der Waals surface area (Å²) in [6.07, 6.45) is 2.77. The molecule has 0 aliphatic heterocycles. The number of benzene rings is 1. The largest absolute Gasteiger partial charge is 0.493 e. The normalized spacial score (nSPS) is 10.6. The van der Waals surface area contributed by atoms with E-state index in [2.05, 4.69) is 44.4 Å². The molecule has 19 heavy (non-hydrogen) atoms. The summed E-state index contributed by atoms with van der Waals surface area (Å²) in [7, 11) is 0. The second-order valence-electron chi connectivity index (χ2n) is 4.29. The smallest absolute Gasteiger partial charge is 0.123 e. The van der Waals surface area contributed by atoms with Gasteiger partial charge >= 0.3 is 0 Å². The van der Waals surface area contributed by atoms with Crippen LogP contribution < -0.4 is 10.1 Å². The van der Waals surface area contributed by atoms with E-state index < -0.39 is 0 Å². The first-order valence-electron chi connectivity index (χ1n) is 6.39. The van der Waals surface area contributed by atoms with Crippen molar-refractivity contribution in [2.75, 3.05) is 6.61 Å². The van der Waals surface area contributed by atoms with Crippen molar-refractivity contribution in [3.8, 4) is 5.75 Å². The molecule has 2 rings (SSSR count). The fourth-order valence-electron chi connectivity index (χ4n) is 1.75. The van der Waals surface area contributed by atoms with Crippen LogP contribution in [0.5, 0.6) is 5.75 Å². The average Bonchev–Trinajstić information content (AvgIpc) is 2.91. The molecule has 0 atom stereocenters. The Labute approximate surface area is 121 Å². The zero-order valence-electron chi connectivity index (χ0n) is 10.9. The lowest BCUT2D eigenvalue weighted by atomic mass is 10.2. The van der Waals surface area contributed by atoms with E-state index in [-0.39, 0.29) is 0 Å². The second-order valence-corrected chi connectivity index (χ2v) is 5.20. The summed E-state index contributed by atoms with van der Waals surface area (Å²) in [6.45, 7) is 4.38. The van der Waals surface area contributed by atoms with Crippen LogP contribution in [0, 0.1) is 0 Å². The van der Waals surface area contributed by atoms with Gasteiger partial charge in [-0.25, -0.2) is 0 Å². The van der Waals surface area contributed by atoms with Gasteiger partial charge in [-0.1, -0.05) is 22.9 Å². The lowest BCUT2D eigenvalue weighted by molar-refractivity contribution is 0.313. The molecule has 0 amide bonds. The number of ether oxygens (including phenoxy) is 1. The minimum absolute atomic E-state index is 0.745. The molecule has 0 saturated carbocycles. The van der Waals surface area contributed by atoms with E-state index in [1.54, 1.807) is 6.20 Å². The van der Waals surface area contributed by atoms with Crippen molar-refractivity contribution < 1.29 is 4.74 Å². The maximum absolute atomic E-state index is 5.75. The standard InChI is InChI=1S/C14H18BrN3O/c1-2-7-19-14-4-3-12(15)8-11(14)9-16-10-13-5-6-17-18-13/h3-6,8,16H,2,7,9-10H2,1H3,(H,17,18). The fourth-order valence-corrected chi connectivity index (χ4v) is 2.16. The number of H-pyrrole nitrogens is 1. The van der Waals surface area contributed by atoms with Crippen molar-refractivity contribution >= 4 is 15.9 Å². The summed E-state index contributed by atoms with van der Waals surface area (Å²) < 4.78 is 6.81. The molecule has 2 N–H and O–H groups in total. The van der Waals surface area contributed by atoms with Crippen molar-refractivity contribution in [3.05, 3.63) is 46.2 Å². The quantitative estimate of drug-likeness (QED) is 0.822. The van der Waals surface area contributed by atoms with Crippen molar-refractivity contribution in [1.82, 2.24) is 15.5 Å². The molecule has 1 aromatic carbocycles. The average molecular weight is 324 g/mol. The molecule has 0 aliphatic rings. The molecule has 1 aromatic heterocycles. The van der Waals surface area contributed by atoms with Gasteiger partial charge in [0.25, 0.3) is 0 Å². The number of rotatable bonds is 7. The number of aromatic amines is 1. The highest BCUT2D eigenvalue weighted by Crippen LogP contribution is 2.23. The van der Waals surface area contributed by atoms with Gasteiger partial charge in [0.1, 0.15) is 5.75 Å². The zero-order chi connectivity index (χ0) is 13.5. The topological polar surface area (TPSA) is 49.9 Å². The van der Waals surface area contributed by atoms with Crippen LogP contribution in [0.2, 0.25) is 0 Å². The summed E-state index contributed by atoms with van der Waals surface area (Å²) in [5.74, 6) is 0.946. The molecular formula is C14H18BrN3O. The molecule has 2 aromatic rings. The van der Waals surface area contributed by atoms with E-state index >= 15 is 0 Å². The van der Waals surface area contributed by atoms with Gasteiger partial charge in [-0.2, -0.15) is 5.10 Å². The number of hydrogen-bond acceptors (Lipinski definition) is 3. The molecular weight excluding hydrogens is 306 g/mol. The van der Waals surface area contributed by atoms with Crippen LogP contribution >= 0.6 is 15.9 Å². The lowest BCUT2D eigenvalue weighted by Crippen LogP contribution is -2.14. The van der Waals surface area contributed by atoms with Crippen LogP contribution in [0.3, 0.4) is 0 Å². The molecule has 1 heterocycles. The van der Waals surface area contributed by atoms with Gasteiger partial charge in [0, 0.05) is 35.0 Å². The second kappa shape index (κ2) is 7.31. The van der Waals surface area contributed by atoms with Gasteiger partial charge in [0.15, 0.2) is 0 Å². The highest BCUT2D eigenvalue weighted by molar-refractivity contribution is 9.10. The Hall–Kier alpha value is -1.33. The summed E-state index contributed by atoms with van der Waals surface area (Å²) >= 11 is 3.50. The van der Waals surface area contributed by atoms with Crippen molar-refractivity contribution in [1.29, 1.82) is 0 Å². The highest BCUT2D eigenvalue weighted by Gasteiger charge is 2.04. The number of nitrogens with zero attached hydrogens (tertiary/aromatic N) is 1. The number of aromatic nitrogens is 2. The highest BCUT2D eigenvalue weighted by atomic mass is 79.9. The van der Waals surface area contributed by atoms with Gasteiger partial charge in [-0.05, 0) is 30.7 Å². The van der Waals surface area contributed by atoms with E-state index in [0.29, 0.717) is 0 Å². The molecule has 0 saturated heterocycles. The van der Waals surface area contributed by atoms with Crippen LogP contribution in [-0.4, -0.2) is 16.8 Å². The van der Waals surface area contributed by atoms with E-state index in [1.807, 2.05) is 18.2 Å². The van der Waals surface area contributed by atoms with Crippen LogP contribution in [-0.2, 0) is 13.1 Å². The number of halogens is 1. The van der Waals surface area contributed by atoms with Crippen LogP contribution in [0.25, 0.3) is 0 Å². The minimum atomic E-state index is 0.745. The van der Waals surface area contributed by atoms with Gasteiger partial charge in [0.2, 0.25) is 0 Å². The Morgan fingerprint density at radius 1 is 1.32 bits per heavy atom. The van der Waals surface area contributed by atoms with E-state index in [9.17, 15) is 0 Å². The fraction of sp³-hybridized carbons (Fsp3) is 0.357. The predicted molar refractivity (Wildman–Crippen MR) is 79.1 cm³/mol. The monoisotopic (exact) mass is 323 g/mol. The Kier molecular flexibility index (Phi) is 5.42. The third-order valence-electron chi connectivity index (χ3n) is 2.67. The lowest BCUT2D eigenvalue weighted by Gasteiger charge is -2.12. The van der Waals surface area contributed by atoms with E-state index in [1.165, 1.54) is 0 Å². The maximum atomic E-state index is 5.75. The SMILES string of the molecule is CCCOc1ccc(Br)cc1CNCc1ccn[nH]1. The van der Waals surface area contributed by atoms with Crippen molar-refractivity contribution in [3.63, 3.8) is 0 Å². The molecule has 0 unspecified atom stereocenters. The number of nitrogens with one attached hydrogen (secondary N) is 2. The summed E-state index contributed by atoms with van der Waals surface area (Å²) in [5, 5.41) is 10.2. The molecule has 0 spiro atoms. The van der Waals surface area contributed by atoms with Crippen LogP contribution in [0.1, 0.15) is 24.6 Å². The Bertz CT molecular complexity index is 499. The van der Waals surface area contributed by atoms with Gasteiger partial charge < -0.3 is 10.1 Å². The molecule has 0 bridgehead atoms. The first kappa shape index (κ1) is 14.1. The summed E-state index contributed by atoms with van der Waals surface area (Å²) in [5.41, 5.74) is 2.23. The molecule has 0 fully saturated rings. The van der Waals surface area contributed by atoms with Gasteiger partial charge in [-0.3, -0.25) is 5.10 Å². The molecule has 5 heteroatoms. The molecule has 4 nitrogen and oxygen atoms in total. The van der Waals surface area contributed by atoms with Crippen LogP contribution in [0.15, 0.2) is 34.9 Å². The minimum Gasteiger partial charge on any atom is -0.493 e. The Morgan fingerprint density at radius 2 is 2.21 bits per heavy atom. The van der Waals surface area contributed by atoms with Gasteiger partial charge in [-0.15, -0.1) is 0 Å². The first-order chi connectivity index (χ1) is 9.29. The third kappa shape index (κ3) is 4.36. The van der Waals surface area contributed by atoms with Crippen LogP contribution in [0.4, 0.5) is 0 Å². The first-order valence-corrected chi connectivity index (χ1v) is 7.19. The maximum Gasteiger partial charge on any atom is 0.123 e. The van der Waals surface area contributed by atoms with Gasteiger partial charge in [0.05, 0.1) is 6.61 Å². The molecule has 0 aliphatic carbocycles. The summed E-state index contributed by atoms with van der Waals surface area (Å²) in [6, 6.07) is 8.06. The van der Waals surface area contributed by atoms with E-state index in [0.717, 1.165) is 47.6 Å². The predicted octanol–water partition coefficient (Wildman–Crippen LogP) is 3.25. The number of hydrogen-bond donors (Lipinski definition) is 2. The van der Waals surface area contributed by atoms with Crippen molar-refractivity contribution in [2.45, 2.75) is 26.4 Å². The Morgan fingerprint density at radius 3 is 2.95 bits per heavy atom. The third-order valence-corrected chi connectivity index (χ3v) is 3.17. The Balaban J connectivity index is 1.95. The summed E-state index contributed by atoms with van der Waals surface area (Å²) in [4.78, 5) is 0.